The van der Waals surface area contributed by atoms with Crippen LogP contribution in [-0.2, 0) is 4.79 Å². The molecule has 0 aromatic carbocycles. The molecule has 0 aromatic rings. The van der Waals surface area contributed by atoms with Gasteiger partial charge in [-0.15, -0.1) is 0 Å². The van der Waals surface area contributed by atoms with Crippen molar-refractivity contribution < 1.29 is 4.79 Å². The van der Waals surface area contributed by atoms with Gasteiger partial charge in [-0.25, -0.2) is 0 Å². The van der Waals surface area contributed by atoms with Crippen LogP contribution in [0, 0.1) is 12.8 Å². The Hall–Kier alpha value is -0.330. The minimum atomic E-state index is 0.118. The summed E-state index contributed by atoms with van der Waals surface area (Å²) in [4.78, 5) is 10.6. The number of rotatable bonds is 2. The average Bonchev–Trinajstić information content (AvgIpc) is 1.88. The Morgan fingerprint density at radius 1 is 1.30 bits per heavy atom. The standard InChI is InChI=1S/C9H15O/c1-8(10)7-9-5-3-2-4-6-9/h9H,1-7H2. The minimum absolute atomic E-state index is 0.118. The van der Waals surface area contributed by atoms with E-state index in [2.05, 4.69) is 6.92 Å². The Labute approximate surface area is 62.8 Å². The molecule has 0 amide bonds. The zero-order chi connectivity index (χ0) is 7.40. The summed E-state index contributed by atoms with van der Waals surface area (Å²) < 4.78 is 0. The van der Waals surface area contributed by atoms with Gasteiger partial charge in [0.05, 0.1) is 0 Å². The molecule has 0 spiro atoms. The van der Waals surface area contributed by atoms with Crippen LogP contribution in [0.5, 0.6) is 0 Å². The average molecular weight is 139 g/mol. The maximum absolute atomic E-state index is 10.6. The number of hydrogen-bond acceptors (Lipinski definition) is 1. The molecule has 1 rings (SSSR count). The fraction of sp³-hybridized carbons (Fsp3) is 0.778. The van der Waals surface area contributed by atoms with E-state index in [0.29, 0.717) is 5.92 Å². The van der Waals surface area contributed by atoms with E-state index in [1.165, 1.54) is 32.1 Å². The number of Topliss-reactive ketones (excluding diaryl/α,β-unsaturated/α-hetero) is 1. The van der Waals surface area contributed by atoms with Gasteiger partial charge in [0.1, 0.15) is 5.78 Å². The SMILES string of the molecule is [CH2]C(=O)CC1CCCCC1. The molecule has 0 saturated heterocycles. The molecule has 57 valence electrons. The first-order valence-electron chi connectivity index (χ1n) is 4.14. The summed E-state index contributed by atoms with van der Waals surface area (Å²) >= 11 is 0. The van der Waals surface area contributed by atoms with Gasteiger partial charge >= 0.3 is 0 Å². The zero-order valence-electron chi connectivity index (χ0n) is 6.44. The monoisotopic (exact) mass is 139 g/mol. The van der Waals surface area contributed by atoms with Crippen LogP contribution in [0.3, 0.4) is 0 Å². The number of ketones is 1. The van der Waals surface area contributed by atoms with Gasteiger partial charge in [0.25, 0.3) is 0 Å². The summed E-state index contributed by atoms with van der Waals surface area (Å²) in [5, 5.41) is 0. The summed E-state index contributed by atoms with van der Waals surface area (Å²) in [6.45, 7) is 3.39. The lowest BCUT2D eigenvalue weighted by Crippen LogP contribution is -2.09. The second kappa shape index (κ2) is 3.75. The molecule has 0 aromatic heterocycles. The summed E-state index contributed by atoms with van der Waals surface area (Å²) in [7, 11) is 0. The van der Waals surface area contributed by atoms with Crippen molar-refractivity contribution in [1.29, 1.82) is 0 Å². The highest BCUT2D eigenvalue weighted by atomic mass is 16.1. The van der Waals surface area contributed by atoms with E-state index >= 15 is 0 Å². The first kappa shape index (κ1) is 7.77. The van der Waals surface area contributed by atoms with Crippen LogP contribution in [0.15, 0.2) is 0 Å². The van der Waals surface area contributed by atoms with Gasteiger partial charge in [0.2, 0.25) is 0 Å². The number of carbonyl (C=O) groups excluding carboxylic acids is 1. The van der Waals surface area contributed by atoms with Crippen molar-refractivity contribution >= 4 is 5.78 Å². The Bertz CT molecular complexity index is 112. The normalized spacial score (nSPS) is 20.9. The van der Waals surface area contributed by atoms with Gasteiger partial charge in [-0.2, -0.15) is 0 Å². The Kier molecular flexibility index (Phi) is 2.91. The van der Waals surface area contributed by atoms with Gasteiger partial charge in [-0.05, 0) is 5.92 Å². The summed E-state index contributed by atoms with van der Waals surface area (Å²) in [5.74, 6) is 0.783. The number of hydrogen-bond donors (Lipinski definition) is 0. The lowest BCUT2D eigenvalue weighted by atomic mass is 9.86. The fourth-order valence-corrected chi connectivity index (χ4v) is 1.71. The molecule has 1 saturated carbocycles. The van der Waals surface area contributed by atoms with Crippen LogP contribution in [0.4, 0.5) is 0 Å². The molecule has 0 bridgehead atoms. The molecule has 0 unspecified atom stereocenters. The molecule has 10 heavy (non-hydrogen) atoms. The van der Waals surface area contributed by atoms with E-state index in [-0.39, 0.29) is 5.78 Å². The molecular weight excluding hydrogens is 124 g/mol. The van der Waals surface area contributed by atoms with Crippen molar-refractivity contribution in [3.63, 3.8) is 0 Å². The molecule has 0 aliphatic heterocycles. The van der Waals surface area contributed by atoms with Crippen LogP contribution in [0.25, 0.3) is 0 Å². The lowest BCUT2D eigenvalue weighted by molar-refractivity contribution is -0.115. The molecule has 1 radical (unpaired) electrons. The van der Waals surface area contributed by atoms with Gasteiger partial charge < -0.3 is 0 Å². The molecule has 1 fully saturated rings. The van der Waals surface area contributed by atoms with Crippen molar-refractivity contribution in [2.75, 3.05) is 0 Å². The van der Waals surface area contributed by atoms with Gasteiger partial charge in [0, 0.05) is 13.3 Å². The van der Waals surface area contributed by atoms with E-state index in [0.717, 1.165) is 6.42 Å². The van der Waals surface area contributed by atoms with Crippen LogP contribution in [0.2, 0.25) is 0 Å². The quantitative estimate of drug-likeness (QED) is 0.574. The van der Waals surface area contributed by atoms with Crippen molar-refractivity contribution in [3.8, 4) is 0 Å². The molecule has 0 N–H and O–H groups in total. The van der Waals surface area contributed by atoms with Crippen molar-refractivity contribution in [2.45, 2.75) is 38.5 Å². The van der Waals surface area contributed by atoms with Crippen LogP contribution < -0.4 is 0 Å². The van der Waals surface area contributed by atoms with Crippen molar-refractivity contribution in [1.82, 2.24) is 0 Å². The molecule has 0 heterocycles. The molecule has 0 atom stereocenters. The zero-order valence-corrected chi connectivity index (χ0v) is 6.44. The molecular formula is C9H15O. The second-order valence-corrected chi connectivity index (χ2v) is 3.25. The maximum atomic E-state index is 10.6. The third-order valence-corrected chi connectivity index (χ3v) is 2.24. The second-order valence-electron chi connectivity index (χ2n) is 3.25. The fourth-order valence-electron chi connectivity index (χ4n) is 1.71. The summed E-state index contributed by atoms with van der Waals surface area (Å²) in [5.41, 5.74) is 0. The topological polar surface area (TPSA) is 17.1 Å². The molecule has 1 heteroatoms. The highest BCUT2D eigenvalue weighted by molar-refractivity contribution is 5.82. The Morgan fingerprint density at radius 3 is 2.40 bits per heavy atom. The van der Waals surface area contributed by atoms with Crippen molar-refractivity contribution in [2.24, 2.45) is 5.92 Å². The first-order chi connectivity index (χ1) is 4.79. The molecule has 1 aliphatic carbocycles. The van der Waals surface area contributed by atoms with E-state index < -0.39 is 0 Å². The Morgan fingerprint density at radius 2 is 1.90 bits per heavy atom. The van der Waals surface area contributed by atoms with E-state index in [9.17, 15) is 4.79 Å². The van der Waals surface area contributed by atoms with E-state index in [4.69, 9.17) is 0 Å². The van der Waals surface area contributed by atoms with Gasteiger partial charge in [0.15, 0.2) is 0 Å². The smallest absolute Gasteiger partial charge is 0.133 e. The van der Waals surface area contributed by atoms with Gasteiger partial charge in [-0.1, -0.05) is 32.1 Å². The number of carbonyl (C=O) groups is 1. The predicted molar refractivity (Wildman–Crippen MR) is 41.6 cm³/mol. The summed E-state index contributed by atoms with van der Waals surface area (Å²) in [6.07, 6.45) is 7.22. The highest BCUT2D eigenvalue weighted by Gasteiger charge is 2.14. The predicted octanol–water partition coefficient (Wildman–Crippen LogP) is 2.36. The minimum Gasteiger partial charge on any atom is -0.300 e. The molecule has 1 nitrogen and oxygen atoms in total. The lowest BCUT2D eigenvalue weighted by Gasteiger charge is -2.19. The van der Waals surface area contributed by atoms with Crippen LogP contribution in [0.1, 0.15) is 38.5 Å². The van der Waals surface area contributed by atoms with Gasteiger partial charge in [-0.3, -0.25) is 4.79 Å². The van der Waals surface area contributed by atoms with Crippen LogP contribution in [-0.4, -0.2) is 5.78 Å². The third-order valence-electron chi connectivity index (χ3n) is 2.24. The van der Waals surface area contributed by atoms with E-state index in [1.54, 1.807) is 0 Å². The third kappa shape index (κ3) is 2.51. The maximum Gasteiger partial charge on any atom is 0.133 e. The van der Waals surface area contributed by atoms with E-state index in [1.807, 2.05) is 0 Å². The highest BCUT2D eigenvalue weighted by Crippen LogP contribution is 2.25. The molecule has 1 aliphatic rings. The Balaban J connectivity index is 2.19. The summed E-state index contributed by atoms with van der Waals surface area (Å²) in [6, 6.07) is 0. The van der Waals surface area contributed by atoms with Crippen molar-refractivity contribution in [3.05, 3.63) is 6.92 Å². The first-order valence-corrected chi connectivity index (χ1v) is 4.14. The van der Waals surface area contributed by atoms with Crippen LogP contribution >= 0.6 is 0 Å². The largest absolute Gasteiger partial charge is 0.300 e.